The Bertz CT molecular complexity index is 3450. The molecule has 1 N–H and O–H groups in total. The van der Waals surface area contributed by atoms with Gasteiger partial charge in [-0.3, -0.25) is 0 Å². The quantitative estimate of drug-likeness (QED) is 0.139. The molecule has 244 valence electrons. The first kappa shape index (κ1) is 28.7. The molecule has 0 saturated carbocycles. The molecule has 1 aromatic heterocycles. The molecule has 0 amide bonds. The summed E-state index contributed by atoms with van der Waals surface area (Å²) < 4.78 is 0. The Kier molecular flexibility index (Phi) is 5.84. The maximum Gasteiger partial charge on any atom is 0.0544 e. The predicted molar refractivity (Wildman–Crippen MR) is 229 cm³/mol. The first-order valence-corrected chi connectivity index (χ1v) is 18.4. The highest BCUT2D eigenvalue weighted by atomic mass is 14.7. The van der Waals surface area contributed by atoms with Crippen molar-refractivity contribution in [3.8, 4) is 22.3 Å². The number of hydrogen-bond donors (Lipinski definition) is 1. The standard InChI is InChI=1S/C52H31N/c1-2-14-33-31(13-1)25-27-44-45-29-32(26-28-48(45)53-52(33)44)49-40-21-9-11-23-42(40)51(43-24-12-10-22-41(43)49)47-30-46-36-17-4-3-15-34(36)35-16-5-7-19-38(35)50(46)39-20-8-6-18-37(39)47/h1-30,53H. The summed E-state index contributed by atoms with van der Waals surface area (Å²) in [7, 11) is 0. The fourth-order valence-corrected chi connectivity index (χ4v) is 9.50. The van der Waals surface area contributed by atoms with E-state index in [0.29, 0.717) is 0 Å². The molecule has 0 aliphatic rings. The van der Waals surface area contributed by atoms with E-state index < -0.39 is 0 Å². The second kappa shape index (κ2) is 10.8. The van der Waals surface area contributed by atoms with Crippen LogP contribution in [0.2, 0.25) is 0 Å². The molecule has 0 spiro atoms. The van der Waals surface area contributed by atoms with Crippen LogP contribution < -0.4 is 0 Å². The third kappa shape index (κ3) is 3.97. The maximum atomic E-state index is 3.76. The van der Waals surface area contributed by atoms with Gasteiger partial charge in [0.15, 0.2) is 0 Å². The van der Waals surface area contributed by atoms with Gasteiger partial charge in [-0.15, -0.1) is 0 Å². The Morgan fingerprint density at radius 1 is 0.283 bits per heavy atom. The van der Waals surface area contributed by atoms with Crippen LogP contribution in [0.4, 0.5) is 0 Å². The second-order valence-corrected chi connectivity index (χ2v) is 14.4. The highest BCUT2D eigenvalue weighted by molar-refractivity contribution is 6.34. The van der Waals surface area contributed by atoms with Crippen LogP contribution in [0.25, 0.3) is 119 Å². The zero-order valence-corrected chi connectivity index (χ0v) is 28.8. The van der Waals surface area contributed by atoms with E-state index in [-0.39, 0.29) is 0 Å². The summed E-state index contributed by atoms with van der Waals surface area (Å²) in [6, 6.07) is 67.6. The van der Waals surface area contributed by atoms with E-state index in [0.717, 1.165) is 5.52 Å². The van der Waals surface area contributed by atoms with Gasteiger partial charge >= 0.3 is 0 Å². The lowest BCUT2D eigenvalue weighted by Gasteiger charge is -2.20. The van der Waals surface area contributed by atoms with E-state index in [1.807, 2.05) is 0 Å². The van der Waals surface area contributed by atoms with Gasteiger partial charge in [0.25, 0.3) is 0 Å². The lowest BCUT2D eigenvalue weighted by molar-refractivity contribution is 1.56. The van der Waals surface area contributed by atoms with Crippen LogP contribution in [0.5, 0.6) is 0 Å². The molecule has 0 bridgehead atoms. The van der Waals surface area contributed by atoms with Crippen LogP contribution in [0.3, 0.4) is 0 Å². The molecule has 1 heteroatoms. The molecule has 0 saturated heterocycles. The molecule has 12 aromatic rings. The second-order valence-electron chi connectivity index (χ2n) is 14.4. The number of H-pyrrole nitrogens is 1. The summed E-state index contributed by atoms with van der Waals surface area (Å²) >= 11 is 0. The number of rotatable bonds is 2. The summed E-state index contributed by atoms with van der Waals surface area (Å²) in [4.78, 5) is 3.76. The largest absolute Gasteiger partial charge is 0.354 e. The van der Waals surface area contributed by atoms with Crippen molar-refractivity contribution in [2.24, 2.45) is 0 Å². The molecule has 1 nitrogen and oxygen atoms in total. The summed E-state index contributed by atoms with van der Waals surface area (Å²) in [6.07, 6.45) is 0. The van der Waals surface area contributed by atoms with Gasteiger partial charge in [0.1, 0.15) is 0 Å². The van der Waals surface area contributed by atoms with Crippen molar-refractivity contribution in [2.45, 2.75) is 0 Å². The first-order valence-electron chi connectivity index (χ1n) is 18.4. The summed E-state index contributed by atoms with van der Waals surface area (Å²) in [5.41, 5.74) is 7.42. The number of hydrogen-bond acceptors (Lipinski definition) is 0. The third-order valence-corrected chi connectivity index (χ3v) is 11.7. The Balaban J connectivity index is 1.21. The van der Waals surface area contributed by atoms with Gasteiger partial charge in [-0.2, -0.15) is 0 Å². The van der Waals surface area contributed by atoms with E-state index in [4.69, 9.17) is 0 Å². The molecule has 12 rings (SSSR count). The number of benzene rings is 11. The fourth-order valence-electron chi connectivity index (χ4n) is 9.50. The third-order valence-electron chi connectivity index (χ3n) is 11.7. The van der Waals surface area contributed by atoms with Gasteiger partial charge in [-0.1, -0.05) is 164 Å². The topological polar surface area (TPSA) is 15.8 Å². The van der Waals surface area contributed by atoms with Crippen LogP contribution >= 0.6 is 0 Å². The number of aromatic amines is 1. The molecular formula is C52H31N. The normalized spacial score (nSPS) is 12.2. The number of fused-ring (bicyclic) bond motifs is 15. The molecule has 0 unspecified atom stereocenters. The Morgan fingerprint density at radius 3 is 1.43 bits per heavy atom. The van der Waals surface area contributed by atoms with E-state index >= 15 is 0 Å². The molecule has 0 fully saturated rings. The zero-order chi connectivity index (χ0) is 34.6. The van der Waals surface area contributed by atoms with Gasteiger partial charge < -0.3 is 4.98 Å². The average molecular weight is 670 g/mol. The lowest BCUT2D eigenvalue weighted by Crippen LogP contribution is -1.93. The Hall–Kier alpha value is -6.96. The average Bonchev–Trinajstić information content (AvgIpc) is 3.61. The molecular weight excluding hydrogens is 639 g/mol. The maximum absolute atomic E-state index is 3.76. The SMILES string of the molecule is c1ccc2c(c1)ccc1c3cc(-c4c5ccccc5c(-c5cc6c7ccccc7c7ccccc7c6c6ccccc56)c5ccccc45)ccc3[nH]c21. The first-order chi connectivity index (χ1) is 26.3. The van der Waals surface area contributed by atoms with Crippen molar-refractivity contribution < 1.29 is 0 Å². The van der Waals surface area contributed by atoms with Gasteiger partial charge in [0, 0.05) is 21.7 Å². The molecule has 1 heterocycles. The smallest absolute Gasteiger partial charge is 0.0544 e. The van der Waals surface area contributed by atoms with Crippen molar-refractivity contribution in [3.05, 3.63) is 182 Å². The van der Waals surface area contributed by atoms with Crippen LogP contribution in [-0.4, -0.2) is 4.98 Å². The van der Waals surface area contributed by atoms with E-state index in [1.165, 1.54) is 114 Å². The van der Waals surface area contributed by atoms with Crippen LogP contribution in [-0.2, 0) is 0 Å². The molecule has 0 atom stereocenters. The molecule has 11 aromatic carbocycles. The summed E-state index contributed by atoms with van der Waals surface area (Å²) in [5, 5.41) is 20.4. The van der Waals surface area contributed by atoms with E-state index in [2.05, 4.69) is 187 Å². The predicted octanol–water partition coefficient (Wildman–Crippen LogP) is 14.7. The molecule has 0 aliphatic heterocycles. The van der Waals surface area contributed by atoms with Crippen molar-refractivity contribution in [2.75, 3.05) is 0 Å². The van der Waals surface area contributed by atoms with Gasteiger partial charge in [-0.05, 0) is 110 Å². The Labute approximate surface area is 305 Å². The summed E-state index contributed by atoms with van der Waals surface area (Å²) in [6.45, 7) is 0. The van der Waals surface area contributed by atoms with Crippen LogP contribution in [0.15, 0.2) is 182 Å². The van der Waals surface area contributed by atoms with Crippen molar-refractivity contribution >= 4 is 97.2 Å². The van der Waals surface area contributed by atoms with E-state index in [9.17, 15) is 0 Å². The number of nitrogens with one attached hydrogen (secondary N) is 1. The van der Waals surface area contributed by atoms with Crippen LogP contribution in [0, 0.1) is 0 Å². The highest BCUT2D eigenvalue weighted by Gasteiger charge is 2.21. The van der Waals surface area contributed by atoms with Crippen molar-refractivity contribution in [1.29, 1.82) is 0 Å². The monoisotopic (exact) mass is 669 g/mol. The minimum atomic E-state index is 1.16. The van der Waals surface area contributed by atoms with Crippen LogP contribution in [0.1, 0.15) is 0 Å². The molecule has 0 aliphatic carbocycles. The molecule has 53 heavy (non-hydrogen) atoms. The minimum Gasteiger partial charge on any atom is -0.354 e. The van der Waals surface area contributed by atoms with Gasteiger partial charge in [-0.25, -0.2) is 0 Å². The number of aromatic nitrogens is 1. The zero-order valence-electron chi connectivity index (χ0n) is 28.8. The van der Waals surface area contributed by atoms with Gasteiger partial charge in [0.2, 0.25) is 0 Å². The van der Waals surface area contributed by atoms with Gasteiger partial charge in [0.05, 0.1) is 5.52 Å². The minimum absolute atomic E-state index is 1.16. The van der Waals surface area contributed by atoms with Crippen molar-refractivity contribution in [3.63, 3.8) is 0 Å². The Morgan fingerprint density at radius 2 is 0.774 bits per heavy atom. The van der Waals surface area contributed by atoms with Crippen molar-refractivity contribution in [1.82, 2.24) is 4.98 Å². The highest BCUT2D eigenvalue weighted by Crippen LogP contribution is 2.49. The van der Waals surface area contributed by atoms with E-state index in [1.54, 1.807) is 0 Å². The summed E-state index contributed by atoms with van der Waals surface area (Å²) in [5.74, 6) is 0. The molecule has 0 radical (unpaired) electrons. The lowest BCUT2D eigenvalue weighted by atomic mass is 9.82. The fraction of sp³-hybridized carbons (Fsp3) is 0.